The van der Waals surface area contributed by atoms with Crippen molar-refractivity contribution in [1.82, 2.24) is 5.32 Å². The number of unbranched alkanes of at least 4 members (excludes halogenated alkanes) is 29. The van der Waals surface area contributed by atoms with Crippen molar-refractivity contribution in [3.63, 3.8) is 0 Å². The zero-order valence-corrected chi connectivity index (χ0v) is 48.4. The molecule has 1 saturated heterocycles. The summed E-state index contributed by atoms with van der Waals surface area (Å²) in [7, 11) is 0. The number of esters is 1. The quantitative estimate of drug-likeness (QED) is 0.0195. The van der Waals surface area contributed by atoms with Gasteiger partial charge in [-0.2, -0.15) is 0 Å². The average Bonchev–Trinajstić information content (AvgIpc) is 3.42. The number of carbonyl (C=O) groups is 2. The second-order valence-corrected chi connectivity index (χ2v) is 21.4. The zero-order valence-electron chi connectivity index (χ0n) is 48.4. The smallest absolute Gasteiger partial charge is 0.305 e. The van der Waals surface area contributed by atoms with Crippen molar-refractivity contribution in [3.8, 4) is 0 Å². The van der Waals surface area contributed by atoms with E-state index in [4.69, 9.17) is 14.2 Å². The molecule has 7 unspecified atom stereocenters. The van der Waals surface area contributed by atoms with Gasteiger partial charge in [-0.25, -0.2) is 0 Å². The molecule has 1 fully saturated rings. The summed E-state index contributed by atoms with van der Waals surface area (Å²) in [6.07, 6.45) is 61.5. The molecule has 0 aromatic carbocycles. The highest BCUT2D eigenvalue weighted by Gasteiger charge is 2.44. The second-order valence-electron chi connectivity index (χ2n) is 21.4. The Morgan fingerprint density at radius 2 is 0.908 bits per heavy atom. The van der Waals surface area contributed by atoms with Crippen LogP contribution < -0.4 is 5.32 Å². The SMILES string of the molecule is CCCC/C=C\C/C=C\CCCCCCCC(=O)OCC/C=C\C/C=C\CCCCCCCCCCCCCCCCC(=O)NC(COC1OC(CO)C(O)C(O)C1O)C(O)/C=C/CC/C=C/CCCCCCCCC. The maximum absolute atomic E-state index is 13.0. The average molecular weight is 1070 g/mol. The van der Waals surface area contributed by atoms with Crippen LogP contribution in [0.25, 0.3) is 0 Å². The fraction of sp³-hybridized carbons (Fsp3) is 0.785. The van der Waals surface area contributed by atoms with Crippen LogP contribution in [0, 0.1) is 0 Å². The van der Waals surface area contributed by atoms with E-state index >= 15 is 0 Å². The van der Waals surface area contributed by atoms with Gasteiger partial charge in [-0.3, -0.25) is 9.59 Å². The Bertz CT molecular complexity index is 1490. The highest BCUT2D eigenvalue weighted by molar-refractivity contribution is 5.76. The molecule has 11 nitrogen and oxygen atoms in total. The van der Waals surface area contributed by atoms with Crippen LogP contribution in [-0.2, 0) is 23.8 Å². The number of hydrogen-bond acceptors (Lipinski definition) is 10. The predicted molar refractivity (Wildman–Crippen MR) is 315 cm³/mol. The highest BCUT2D eigenvalue weighted by atomic mass is 16.7. The molecule has 0 saturated carbocycles. The number of aliphatic hydroxyl groups excluding tert-OH is 5. The van der Waals surface area contributed by atoms with Crippen LogP contribution in [0.2, 0.25) is 0 Å². The maximum atomic E-state index is 13.0. The van der Waals surface area contributed by atoms with E-state index in [0.29, 0.717) is 19.4 Å². The third-order valence-electron chi connectivity index (χ3n) is 14.3. The topological polar surface area (TPSA) is 175 Å². The van der Waals surface area contributed by atoms with Crippen molar-refractivity contribution in [2.75, 3.05) is 19.8 Å². The summed E-state index contributed by atoms with van der Waals surface area (Å²) in [5.74, 6) is -0.263. The first-order chi connectivity index (χ1) is 37.2. The molecule has 0 aliphatic carbocycles. The molecule has 0 spiro atoms. The van der Waals surface area contributed by atoms with Gasteiger partial charge in [0.1, 0.15) is 24.4 Å². The lowest BCUT2D eigenvalue weighted by molar-refractivity contribution is -0.302. The van der Waals surface area contributed by atoms with Gasteiger partial charge in [-0.05, 0) is 89.9 Å². The first kappa shape index (κ1) is 71.1. The molecule has 1 rings (SSSR count). The number of hydrogen-bond donors (Lipinski definition) is 6. The van der Waals surface area contributed by atoms with Gasteiger partial charge >= 0.3 is 5.97 Å². The van der Waals surface area contributed by atoms with E-state index in [1.807, 2.05) is 6.08 Å². The second kappa shape index (κ2) is 54.1. The summed E-state index contributed by atoms with van der Waals surface area (Å²) < 4.78 is 16.6. The first-order valence-corrected chi connectivity index (χ1v) is 31.2. The van der Waals surface area contributed by atoms with E-state index in [1.54, 1.807) is 6.08 Å². The van der Waals surface area contributed by atoms with Crippen LogP contribution in [0.3, 0.4) is 0 Å². The fourth-order valence-electron chi connectivity index (χ4n) is 9.30. The minimum atomic E-state index is -1.58. The number of amides is 1. The van der Waals surface area contributed by atoms with E-state index in [-0.39, 0.29) is 18.5 Å². The number of carbonyl (C=O) groups excluding carboxylic acids is 2. The van der Waals surface area contributed by atoms with Crippen LogP contribution >= 0.6 is 0 Å². The van der Waals surface area contributed by atoms with Crippen molar-refractivity contribution in [2.45, 2.75) is 307 Å². The van der Waals surface area contributed by atoms with Crippen LogP contribution in [0.5, 0.6) is 0 Å². The Balaban J connectivity index is 2.09. The van der Waals surface area contributed by atoms with Gasteiger partial charge in [-0.15, -0.1) is 0 Å². The Hall–Kier alpha value is -2.90. The zero-order chi connectivity index (χ0) is 55.2. The number of ether oxygens (including phenoxy) is 3. The number of nitrogens with one attached hydrogen (secondary N) is 1. The van der Waals surface area contributed by atoms with Crippen molar-refractivity contribution in [3.05, 3.63) is 72.9 Å². The molecular weight excluding hydrogens is 955 g/mol. The normalized spacial score (nSPS) is 19.2. The molecule has 0 aromatic heterocycles. The standard InChI is InChI=1S/C65H115NO10/c1-3-5-7-9-11-13-15-17-29-33-37-41-45-49-53-61(70)74-54-50-46-42-38-34-30-26-24-22-20-18-19-21-23-25-28-32-36-40-44-48-52-60(69)66-57(56-75-65-64(73)63(72)62(71)59(55-67)76-65)58(68)51-47-43-39-35-31-27-16-14-12-10-8-6-4-2/h9,11,15,17,30-31,34-35,42,46-47,51,57-59,62-65,67-68,71-73H,3-8,10,12-14,16,18-29,32-33,36-41,43-45,48-50,52-56H2,1-2H3,(H,66,69)/b11-9-,17-15-,34-30-,35-31+,46-42-,51-47+. The molecule has 1 heterocycles. The number of rotatable bonds is 53. The Morgan fingerprint density at radius 3 is 1.42 bits per heavy atom. The molecule has 76 heavy (non-hydrogen) atoms. The maximum Gasteiger partial charge on any atom is 0.305 e. The summed E-state index contributed by atoms with van der Waals surface area (Å²) in [5, 5.41) is 54.4. The molecule has 0 bridgehead atoms. The third-order valence-corrected chi connectivity index (χ3v) is 14.3. The van der Waals surface area contributed by atoms with E-state index < -0.39 is 49.5 Å². The van der Waals surface area contributed by atoms with E-state index in [0.717, 1.165) is 89.9 Å². The summed E-state index contributed by atoms with van der Waals surface area (Å²) in [6.45, 7) is 4.15. The molecular formula is C65H115NO10. The summed E-state index contributed by atoms with van der Waals surface area (Å²) in [6, 6.07) is -0.833. The van der Waals surface area contributed by atoms with Crippen molar-refractivity contribution >= 4 is 11.9 Å². The van der Waals surface area contributed by atoms with Gasteiger partial charge in [0.25, 0.3) is 0 Å². The Labute approximate surface area is 464 Å². The van der Waals surface area contributed by atoms with Crippen molar-refractivity contribution in [2.24, 2.45) is 0 Å². The predicted octanol–water partition coefficient (Wildman–Crippen LogP) is 14.8. The molecule has 6 N–H and O–H groups in total. The van der Waals surface area contributed by atoms with Gasteiger partial charge in [0.2, 0.25) is 5.91 Å². The van der Waals surface area contributed by atoms with Gasteiger partial charge in [0, 0.05) is 12.8 Å². The van der Waals surface area contributed by atoms with Crippen molar-refractivity contribution < 1.29 is 49.3 Å². The number of aliphatic hydroxyl groups is 5. The minimum Gasteiger partial charge on any atom is -0.465 e. The van der Waals surface area contributed by atoms with Crippen LogP contribution in [-0.4, -0.2) is 100 Å². The number of allylic oxidation sites excluding steroid dienone is 10. The van der Waals surface area contributed by atoms with Gasteiger partial charge in [0.15, 0.2) is 6.29 Å². The van der Waals surface area contributed by atoms with E-state index in [2.05, 4.69) is 79.9 Å². The molecule has 7 atom stereocenters. The molecule has 1 amide bonds. The molecule has 1 aliphatic heterocycles. The molecule has 0 radical (unpaired) electrons. The summed E-state index contributed by atoms with van der Waals surface area (Å²) in [4.78, 5) is 25.1. The highest BCUT2D eigenvalue weighted by Crippen LogP contribution is 2.23. The molecule has 1 aliphatic rings. The van der Waals surface area contributed by atoms with Gasteiger partial charge in [-0.1, -0.05) is 234 Å². The summed E-state index contributed by atoms with van der Waals surface area (Å²) in [5.41, 5.74) is 0. The van der Waals surface area contributed by atoms with Crippen LogP contribution in [0.4, 0.5) is 0 Å². The Kier molecular flexibility index (Phi) is 50.6. The molecule has 0 aromatic rings. The lowest BCUT2D eigenvalue weighted by Crippen LogP contribution is -2.60. The summed E-state index contributed by atoms with van der Waals surface area (Å²) >= 11 is 0. The first-order valence-electron chi connectivity index (χ1n) is 31.2. The lowest BCUT2D eigenvalue weighted by atomic mass is 9.99. The Morgan fingerprint density at radius 1 is 0.487 bits per heavy atom. The monoisotopic (exact) mass is 1070 g/mol. The van der Waals surface area contributed by atoms with Crippen molar-refractivity contribution in [1.29, 1.82) is 0 Å². The molecule has 440 valence electrons. The van der Waals surface area contributed by atoms with E-state index in [1.165, 1.54) is 148 Å². The third kappa shape index (κ3) is 43.0. The lowest BCUT2D eigenvalue weighted by Gasteiger charge is -2.40. The molecule has 11 heteroatoms. The fourth-order valence-corrected chi connectivity index (χ4v) is 9.30. The van der Waals surface area contributed by atoms with Gasteiger partial charge < -0.3 is 45.1 Å². The van der Waals surface area contributed by atoms with Crippen LogP contribution in [0.1, 0.15) is 264 Å². The van der Waals surface area contributed by atoms with Gasteiger partial charge in [0.05, 0.1) is 32.0 Å². The van der Waals surface area contributed by atoms with E-state index in [9.17, 15) is 35.1 Å². The largest absolute Gasteiger partial charge is 0.465 e. The van der Waals surface area contributed by atoms with Crippen LogP contribution in [0.15, 0.2) is 72.9 Å². The minimum absolute atomic E-state index is 0.0644.